The highest BCUT2D eigenvalue weighted by Gasteiger charge is 2.26. The number of carbonyl (C=O) groups excluding carboxylic acids is 1. The summed E-state index contributed by atoms with van der Waals surface area (Å²) in [6.45, 7) is 6.02. The number of carbonyl (C=O) groups is 1. The van der Waals surface area contributed by atoms with Crippen molar-refractivity contribution in [1.29, 1.82) is 0 Å². The molecule has 3 atom stereocenters. The highest BCUT2D eigenvalue weighted by Crippen LogP contribution is 2.19. The fourth-order valence-corrected chi connectivity index (χ4v) is 3.13. The van der Waals surface area contributed by atoms with E-state index in [9.17, 15) is 9.90 Å². The van der Waals surface area contributed by atoms with E-state index in [-0.39, 0.29) is 30.9 Å². The van der Waals surface area contributed by atoms with Crippen molar-refractivity contribution in [3.05, 3.63) is 35.4 Å². The number of benzene rings is 1. The van der Waals surface area contributed by atoms with E-state index in [1.54, 1.807) is 0 Å². The molecule has 2 rings (SSSR count). The number of aliphatic hydroxyl groups is 1. The number of hydrogen-bond acceptors (Lipinski definition) is 3. The average molecular weight is 320 g/mol. The fraction of sp³-hybridized carbons (Fsp3) is 0.611. The molecular weight excluding hydrogens is 292 g/mol. The maximum absolute atomic E-state index is 12.2. The van der Waals surface area contributed by atoms with Crippen LogP contribution in [0.1, 0.15) is 50.8 Å². The summed E-state index contributed by atoms with van der Waals surface area (Å²) >= 11 is 0. The van der Waals surface area contributed by atoms with Crippen molar-refractivity contribution in [1.82, 2.24) is 10.6 Å². The van der Waals surface area contributed by atoms with Gasteiger partial charge in [0.15, 0.2) is 0 Å². The zero-order chi connectivity index (χ0) is 16.8. The van der Waals surface area contributed by atoms with Crippen LogP contribution in [-0.2, 0) is 11.2 Å². The second-order valence-corrected chi connectivity index (χ2v) is 6.37. The van der Waals surface area contributed by atoms with E-state index in [4.69, 9.17) is 4.74 Å². The van der Waals surface area contributed by atoms with Crippen LogP contribution >= 0.6 is 0 Å². The third-order valence-corrected chi connectivity index (χ3v) is 4.31. The third kappa shape index (κ3) is 5.22. The third-order valence-electron chi connectivity index (χ3n) is 4.31. The summed E-state index contributed by atoms with van der Waals surface area (Å²) in [7, 11) is 0. The number of urea groups is 1. The Morgan fingerprint density at radius 1 is 1.26 bits per heavy atom. The Bertz CT molecular complexity index is 493. The second-order valence-electron chi connectivity index (χ2n) is 6.37. The Morgan fingerprint density at radius 3 is 2.39 bits per heavy atom. The summed E-state index contributed by atoms with van der Waals surface area (Å²) in [5.74, 6) is 0. The fourth-order valence-electron chi connectivity index (χ4n) is 3.13. The summed E-state index contributed by atoms with van der Waals surface area (Å²) in [6, 6.07) is 7.44. The standard InChI is InChI=1S/C18H28N2O3/c1-4-14-5-7-15(8-6-14)17(11-21)20-18(22)19-16-9-12(2)23-13(3)10-16/h5-8,12-13,16-17,21H,4,9-11H2,1-3H3,(H2,19,20,22). The summed E-state index contributed by atoms with van der Waals surface area (Å²) in [5.41, 5.74) is 2.15. The van der Waals surface area contributed by atoms with Gasteiger partial charge in [-0.25, -0.2) is 4.79 Å². The molecule has 0 aliphatic carbocycles. The first kappa shape index (κ1) is 17.8. The first-order chi connectivity index (χ1) is 11.0. The first-order valence-electron chi connectivity index (χ1n) is 8.44. The van der Waals surface area contributed by atoms with Gasteiger partial charge >= 0.3 is 6.03 Å². The summed E-state index contributed by atoms with van der Waals surface area (Å²) in [4.78, 5) is 12.2. The lowest BCUT2D eigenvalue weighted by atomic mass is 10.00. The molecule has 0 bridgehead atoms. The number of aryl methyl sites for hydroxylation is 1. The van der Waals surface area contributed by atoms with Gasteiger partial charge in [-0.1, -0.05) is 31.2 Å². The Morgan fingerprint density at radius 2 is 1.87 bits per heavy atom. The molecule has 1 aliphatic rings. The van der Waals surface area contributed by atoms with E-state index in [2.05, 4.69) is 17.6 Å². The molecule has 3 unspecified atom stereocenters. The largest absolute Gasteiger partial charge is 0.394 e. The summed E-state index contributed by atoms with van der Waals surface area (Å²) < 4.78 is 5.68. The highest BCUT2D eigenvalue weighted by molar-refractivity contribution is 5.74. The van der Waals surface area contributed by atoms with Gasteiger partial charge in [0.1, 0.15) is 0 Å². The molecule has 1 aliphatic heterocycles. The Kier molecular flexibility index (Phi) is 6.42. The van der Waals surface area contributed by atoms with Gasteiger partial charge in [-0.3, -0.25) is 0 Å². The predicted octanol–water partition coefficient (Wildman–Crippen LogP) is 2.54. The Hall–Kier alpha value is -1.59. The van der Waals surface area contributed by atoms with Crippen LogP contribution in [0.3, 0.4) is 0 Å². The normalized spacial score (nSPS) is 25.7. The molecule has 2 amide bonds. The number of nitrogens with one attached hydrogen (secondary N) is 2. The minimum absolute atomic E-state index is 0.107. The molecule has 5 heteroatoms. The molecule has 0 spiro atoms. The zero-order valence-electron chi connectivity index (χ0n) is 14.2. The van der Waals surface area contributed by atoms with Crippen molar-refractivity contribution >= 4 is 6.03 Å². The van der Waals surface area contributed by atoms with Gasteiger partial charge in [-0.05, 0) is 44.2 Å². The number of ether oxygens (including phenoxy) is 1. The van der Waals surface area contributed by atoms with E-state index >= 15 is 0 Å². The number of aliphatic hydroxyl groups excluding tert-OH is 1. The number of rotatable bonds is 5. The van der Waals surface area contributed by atoms with Gasteiger partial charge in [-0.2, -0.15) is 0 Å². The van der Waals surface area contributed by atoms with Gasteiger partial charge in [0.05, 0.1) is 24.9 Å². The van der Waals surface area contributed by atoms with Crippen LogP contribution in [0.15, 0.2) is 24.3 Å². The number of hydrogen-bond donors (Lipinski definition) is 3. The van der Waals surface area contributed by atoms with Crippen LogP contribution in [-0.4, -0.2) is 36.0 Å². The van der Waals surface area contributed by atoms with Crippen LogP contribution in [0.25, 0.3) is 0 Å². The minimum Gasteiger partial charge on any atom is -0.394 e. The summed E-state index contributed by atoms with van der Waals surface area (Å²) in [5, 5.41) is 15.4. The van der Waals surface area contributed by atoms with E-state index in [1.807, 2.05) is 38.1 Å². The number of amides is 2. The molecule has 1 aromatic carbocycles. The molecule has 0 aromatic heterocycles. The molecule has 1 fully saturated rings. The molecular formula is C18H28N2O3. The van der Waals surface area contributed by atoms with Crippen molar-refractivity contribution in [3.63, 3.8) is 0 Å². The van der Waals surface area contributed by atoms with E-state index < -0.39 is 6.04 Å². The van der Waals surface area contributed by atoms with E-state index in [0.29, 0.717) is 0 Å². The van der Waals surface area contributed by atoms with Gasteiger partial charge < -0.3 is 20.5 Å². The molecule has 5 nitrogen and oxygen atoms in total. The van der Waals surface area contributed by atoms with Gasteiger partial charge in [0, 0.05) is 6.04 Å². The van der Waals surface area contributed by atoms with Crippen molar-refractivity contribution in [2.45, 2.75) is 64.3 Å². The zero-order valence-corrected chi connectivity index (χ0v) is 14.2. The Labute approximate surface area is 138 Å². The quantitative estimate of drug-likeness (QED) is 0.781. The monoisotopic (exact) mass is 320 g/mol. The van der Waals surface area contributed by atoms with Crippen LogP contribution in [0.2, 0.25) is 0 Å². The first-order valence-corrected chi connectivity index (χ1v) is 8.44. The second kappa shape index (κ2) is 8.31. The minimum atomic E-state index is -0.393. The lowest BCUT2D eigenvalue weighted by Gasteiger charge is -2.32. The molecule has 23 heavy (non-hydrogen) atoms. The molecule has 1 heterocycles. The molecule has 128 valence electrons. The van der Waals surface area contributed by atoms with Crippen molar-refractivity contribution in [2.75, 3.05) is 6.61 Å². The molecule has 3 N–H and O–H groups in total. The lowest BCUT2D eigenvalue weighted by Crippen LogP contribution is -2.48. The smallest absolute Gasteiger partial charge is 0.315 e. The predicted molar refractivity (Wildman–Crippen MR) is 90.3 cm³/mol. The van der Waals surface area contributed by atoms with Crippen molar-refractivity contribution < 1.29 is 14.6 Å². The topological polar surface area (TPSA) is 70.6 Å². The van der Waals surface area contributed by atoms with Gasteiger partial charge in [0.25, 0.3) is 0 Å². The van der Waals surface area contributed by atoms with E-state index in [0.717, 1.165) is 24.8 Å². The Balaban J connectivity index is 1.91. The van der Waals surface area contributed by atoms with Crippen LogP contribution < -0.4 is 10.6 Å². The van der Waals surface area contributed by atoms with Crippen molar-refractivity contribution in [3.8, 4) is 0 Å². The molecule has 1 aromatic rings. The maximum Gasteiger partial charge on any atom is 0.315 e. The molecule has 0 radical (unpaired) electrons. The summed E-state index contributed by atoms with van der Waals surface area (Å²) in [6.07, 6.45) is 2.90. The van der Waals surface area contributed by atoms with Crippen LogP contribution in [0.4, 0.5) is 4.79 Å². The SMILES string of the molecule is CCc1ccc(C(CO)NC(=O)NC2CC(C)OC(C)C2)cc1. The lowest BCUT2D eigenvalue weighted by molar-refractivity contribution is -0.0402. The van der Waals surface area contributed by atoms with Crippen LogP contribution in [0.5, 0.6) is 0 Å². The maximum atomic E-state index is 12.2. The van der Waals surface area contributed by atoms with E-state index in [1.165, 1.54) is 5.56 Å². The van der Waals surface area contributed by atoms with Crippen molar-refractivity contribution in [2.24, 2.45) is 0 Å². The highest BCUT2D eigenvalue weighted by atomic mass is 16.5. The van der Waals surface area contributed by atoms with Gasteiger partial charge in [-0.15, -0.1) is 0 Å². The van der Waals surface area contributed by atoms with Gasteiger partial charge in [0.2, 0.25) is 0 Å². The van der Waals surface area contributed by atoms with Crippen LogP contribution in [0, 0.1) is 0 Å². The average Bonchev–Trinajstić information content (AvgIpc) is 2.51. The molecule has 1 saturated heterocycles. The molecule has 0 saturated carbocycles.